The lowest BCUT2D eigenvalue weighted by molar-refractivity contribution is -0.131. The van der Waals surface area contributed by atoms with Crippen molar-refractivity contribution in [2.24, 2.45) is 0 Å². The molecule has 0 spiro atoms. The van der Waals surface area contributed by atoms with E-state index in [4.69, 9.17) is 25.8 Å². The van der Waals surface area contributed by atoms with Crippen molar-refractivity contribution in [2.75, 3.05) is 14.2 Å². The van der Waals surface area contributed by atoms with Crippen molar-refractivity contribution in [3.8, 4) is 28.6 Å². The number of para-hydroxylation sites is 1. The van der Waals surface area contributed by atoms with E-state index in [-0.39, 0.29) is 4.91 Å². The summed E-state index contributed by atoms with van der Waals surface area (Å²) in [5.74, 6) is 1.27. The van der Waals surface area contributed by atoms with Gasteiger partial charge < -0.3 is 23.9 Å². The van der Waals surface area contributed by atoms with Gasteiger partial charge in [0.15, 0.2) is 11.0 Å². The number of benzene rings is 3. The highest BCUT2D eigenvalue weighted by atomic mass is 35.5. The maximum Gasteiger partial charge on any atom is 0.342 e. The van der Waals surface area contributed by atoms with Crippen molar-refractivity contribution in [2.45, 2.75) is 25.2 Å². The van der Waals surface area contributed by atoms with Gasteiger partial charge in [-0.25, -0.2) is 4.79 Å². The van der Waals surface area contributed by atoms with Crippen LogP contribution in [0, 0.1) is 0 Å². The monoisotopic (exact) mass is 551 g/mol. The minimum atomic E-state index is -1.09. The molecule has 0 aliphatic rings. The summed E-state index contributed by atoms with van der Waals surface area (Å²) < 4.78 is 18.6. The molecule has 8 nitrogen and oxygen atoms in total. The molecule has 4 rings (SSSR count). The lowest BCUT2D eigenvalue weighted by atomic mass is 10.2. The summed E-state index contributed by atoms with van der Waals surface area (Å²) in [6.07, 6.45) is 1.58. The minimum absolute atomic E-state index is 0.0735. The summed E-state index contributed by atoms with van der Waals surface area (Å²) in [4.78, 5) is 12.3. The molecule has 4 aromatic rings. The first-order chi connectivity index (χ1) is 18.4. The molecule has 10 heteroatoms. The quantitative estimate of drug-likeness (QED) is 0.168. The summed E-state index contributed by atoms with van der Waals surface area (Å²) in [6.45, 7) is 2.78. The van der Waals surface area contributed by atoms with Crippen LogP contribution in [-0.4, -0.2) is 40.1 Å². The Morgan fingerprint density at radius 3 is 2.34 bits per heavy atom. The van der Waals surface area contributed by atoms with Gasteiger partial charge in [0.1, 0.15) is 28.8 Å². The van der Waals surface area contributed by atoms with Crippen molar-refractivity contribution in [1.29, 1.82) is 0 Å². The molecule has 0 unspecified atom stereocenters. The average molecular weight is 552 g/mol. The van der Waals surface area contributed by atoms with Crippen LogP contribution in [0.2, 0.25) is 5.02 Å². The third-order valence-corrected chi connectivity index (χ3v) is 6.82. The molecule has 0 aliphatic heterocycles. The van der Waals surface area contributed by atoms with Crippen LogP contribution in [0.15, 0.2) is 76.8 Å². The molecule has 0 saturated carbocycles. The maximum atomic E-state index is 12.2. The lowest BCUT2D eigenvalue weighted by Gasteiger charge is -2.11. The van der Waals surface area contributed by atoms with E-state index < -0.39 is 5.97 Å². The molecule has 0 aliphatic carbocycles. The van der Waals surface area contributed by atoms with E-state index in [2.05, 4.69) is 10.2 Å². The second kappa shape index (κ2) is 12.5. The van der Waals surface area contributed by atoms with Gasteiger partial charge >= 0.3 is 5.97 Å². The van der Waals surface area contributed by atoms with Crippen molar-refractivity contribution in [3.05, 3.63) is 87.8 Å². The van der Waals surface area contributed by atoms with Gasteiger partial charge in [-0.3, -0.25) is 0 Å². The van der Waals surface area contributed by atoms with Crippen LogP contribution < -0.4 is 14.2 Å². The van der Waals surface area contributed by atoms with Crippen LogP contribution in [0.4, 0.5) is 0 Å². The molecule has 1 aromatic heterocycles. The van der Waals surface area contributed by atoms with E-state index in [0.717, 1.165) is 22.9 Å². The maximum absolute atomic E-state index is 12.2. The van der Waals surface area contributed by atoms with Gasteiger partial charge in [-0.2, -0.15) is 0 Å². The number of hydrogen-bond acceptors (Lipinski definition) is 7. The topological polar surface area (TPSA) is 95.7 Å². The number of aliphatic carboxylic acids is 1. The summed E-state index contributed by atoms with van der Waals surface area (Å²) in [5, 5.41) is 19.7. The van der Waals surface area contributed by atoms with Crippen molar-refractivity contribution >= 4 is 35.4 Å². The molecule has 1 N–H and O–H groups in total. The van der Waals surface area contributed by atoms with Crippen molar-refractivity contribution in [3.63, 3.8) is 0 Å². The molecule has 38 heavy (non-hydrogen) atoms. The van der Waals surface area contributed by atoms with Crippen LogP contribution in [-0.2, 0) is 17.9 Å². The third kappa shape index (κ3) is 6.48. The van der Waals surface area contributed by atoms with Gasteiger partial charge in [0.05, 0.1) is 14.2 Å². The Hall–Kier alpha value is -3.95. The van der Waals surface area contributed by atoms with Crippen LogP contribution in [0.3, 0.4) is 0 Å². The van der Waals surface area contributed by atoms with Gasteiger partial charge in [-0.05, 0) is 60.7 Å². The smallest absolute Gasteiger partial charge is 0.342 e. The Kier molecular flexibility index (Phi) is 8.93. The van der Waals surface area contributed by atoms with E-state index in [1.807, 2.05) is 47.9 Å². The van der Waals surface area contributed by atoms with Crippen LogP contribution >= 0.6 is 23.4 Å². The van der Waals surface area contributed by atoms with Crippen molar-refractivity contribution in [1.82, 2.24) is 14.8 Å². The fourth-order valence-electron chi connectivity index (χ4n) is 3.65. The van der Waals surface area contributed by atoms with E-state index in [0.29, 0.717) is 52.0 Å². The molecule has 1 heterocycles. The van der Waals surface area contributed by atoms with Gasteiger partial charge in [0.2, 0.25) is 0 Å². The number of thioether (sulfide) groups is 1. The average Bonchev–Trinajstić information content (AvgIpc) is 3.35. The number of carboxylic acid groups (broad SMARTS) is 1. The third-order valence-electron chi connectivity index (χ3n) is 5.57. The second-order valence-electron chi connectivity index (χ2n) is 8.02. The zero-order chi connectivity index (χ0) is 27.1. The predicted molar refractivity (Wildman–Crippen MR) is 148 cm³/mol. The first-order valence-corrected chi connectivity index (χ1v) is 12.9. The molecule has 0 amide bonds. The molecule has 196 valence electrons. The molecule has 0 saturated heterocycles. The molecular formula is C28H26ClN3O5S. The molecule has 0 fully saturated rings. The number of carboxylic acids is 1. The molecular weight excluding hydrogens is 526 g/mol. The number of rotatable bonds is 11. The molecule has 0 radical (unpaired) electrons. The predicted octanol–water partition coefficient (Wildman–Crippen LogP) is 6.43. The zero-order valence-corrected chi connectivity index (χ0v) is 22.6. The highest BCUT2D eigenvalue weighted by Crippen LogP contribution is 2.34. The van der Waals surface area contributed by atoms with E-state index in [9.17, 15) is 9.90 Å². The lowest BCUT2D eigenvalue weighted by Crippen LogP contribution is -2.03. The Labute approximate surface area is 229 Å². The highest BCUT2D eigenvalue weighted by Gasteiger charge is 2.20. The highest BCUT2D eigenvalue weighted by molar-refractivity contribution is 8.04. The van der Waals surface area contributed by atoms with E-state index >= 15 is 0 Å². The Balaban J connectivity index is 1.63. The minimum Gasteiger partial charge on any atom is -0.497 e. The van der Waals surface area contributed by atoms with E-state index in [1.165, 1.54) is 0 Å². The van der Waals surface area contributed by atoms with Crippen LogP contribution in [0.1, 0.15) is 18.1 Å². The summed E-state index contributed by atoms with van der Waals surface area (Å²) in [5.41, 5.74) is 2.31. The Bertz CT molecular complexity index is 1430. The molecule has 0 bridgehead atoms. The summed E-state index contributed by atoms with van der Waals surface area (Å²) in [6, 6.07) is 20.1. The Morgan fingerprint density at radius 1 is 1.03 bits per heavy atom. The summed E-state index contributed by atoms with van der Waals surface area (Å²) >= 11 is 6.98. The van der Waals surface area contributed by atoms with Gasteiger partial charge in [0, 0.05) is 28.8 Å². The zero-order valence-electron chi connectivity index (χ0n) is 21.1. The number of halogens is 1. The van der Waals surface area contributed by atoms with Crippen LogP contribution in [0.25, 0.3) is 17.5 Å². The summed E-state index contributed by atoms with van der Waals surface area (Å²) in [7, 11) is 3.15. The normalized spacial score (nSPS) is 11.3. The van der Waals surface area contributed by atoms with Gasteiger partial charge in [-0.15, -0.1) is 10.2 Å². The first-order valence-electron chi connectivity index (χ1n) is 11.7. The number of nitrogens with zero attached hydrogens (tertiary/aromatic N) is 3. The first kappa shape index (κ1) is 27.1. The molecule has 0 atom stereocenters. The number of hydrogen-bond donors (Lipinski definition) is 1. The molecule has 3 aromatic carbocycles. The largest absolute Gasteiger partial charge is 0.497 e. The number of ether oxygens (including phenoxy) is 3. The SMILES string of the molecule is CCn1c(S/C(=C\c2ccccc2OCc2ccc(Cl)cc2)C(=O)O)nnc1-c1cc(OC)cc(OC)c1. The van der Waals surface area contributed by atoms with E-state index in [1.54, 1.807) is 50.6 Å². The van der Waals surface area contributed by atoms with Crippen LogP contribution in [0.5, 0.6) is 17.2 Å². The number of methoxy groups -OCH3 is 2. The second-order valence-corrected chi connectivity index (χ2v) is 9.47. The van der Waals surface area contributed by atoms with Gasteiger partial charge in [-0.1, -0.05) is 41.9 Å². The fourth-order valence-corrected chi connectivity index (χ4v) is 4.65. The van der Waals surface area contributed by atoms with Gasteiger partial charge in [0.25, 0.3) is 0 Å². The number of aromatic nitrogens is 3. The Morgan fingerprint density at radius 2 is 1.71 bits per heavy atom. The fraction of sp³-hybridized carbons (Fsp3) is 0.179. The number of carbonyl (C=O) groups is 1. The standard InChI is InChI=1S/C28H26ClN3O5S/c1-4-32-26(20-13-22(35-2)16-23(14-20)36-3)30-31-28(32)38-25(27(33)34)15-19-7-5-6-8-24(19)37-17-18-9-11-21(29)12-10-18/h5-16H,4,17H2,1-3H3,(H,33,34)/b25-15-. The van der Waals surface area contributed by atoms with Crippen molar-refractivity contribution < 1.29 is 24.1 Å².